The predicted octanol–water partition coefficient (Wildman–Crippen LogP) is 2.23. The number of hydrogen-bond acceptors (Lipinski definition) is 8. The van der Waals surface area contributed by atoms with E-state index in [0.717, 1.165) is 18.7 Å². The van der Waals surface area contributed by atoms with Crippen molar-refractivity contribution in [2.45, 2.75) is 62.8 Å². The summed E-state index contributed by atoms with van der Waals surface area (Å²) in [5, 5.41) is 16.8. The highest BCUT2D eigenvalue weighted by molar-refractivity contribution is 6.02. The van der Waals surface area contributed by atoms with Crippen LogP contribution in [0, 0.1) is 11.8 Å². The fourth-order valence-corrected chi connectivity index (χ4v) is 8.16. The molecule has 3 amide bonds. The monoisotopic (exact) mass is 634 g/mol. The molecule has 4 aliphatic rings. The summed E-state index contributed by atoms with van der Waals surface area (Å²) in [6, 6.07) is 15.1. The van der Waals surface area contributed by atoms with Crippen molar-refractivity contribution in [3.8, 4) is 5.75 Å². The van der Waals surface area contributed by atoms with Gasteiger partial charge in [0.25, 0.3) is 0 Å². The number of aliphatic hydroxyl groups excluding tert-OH is 1. The molecule has 2 aromatic rings. The Hall–Kier alpha value is -3.51. The van der Waals surface area contributed by atoms with E-state index in [0.29, 0.717) is 70.0 Å². The Labute approximate surface area is 270 Å². The number of anilines is 1. The molecule has 4 heterocycles. The third kappa shape index (κ3) is 5.90. The first-order valence-corrected chi connectivity index (χ1v) is 16.6. The molecular formula is C35H46N4O7. The first kappa shape index (κ1) is 32.4. The number of hydrogen-bond donors (Lipinski definition) is 3. The molecule has 2 aromatic carbocycles. The van der Waals surface area contributed by atoms with Gasteiger partial charge in [0.05, 0.1) is 49.9 Å². The minimum Gasteiger partial charge on any atom is -0.494 e. The van der Waals surface area contributed by atoms with Gasteiger partial charge in [0, 0.05) is 31.9 Å². The molecule has 0 aliphatic carbocycles. The summed E-state index contributed by atoms with van der Waals surface area (Å²) in [7, 11) is 0. The molecule has 3 N–H and O–H groups in total. The van der Waals surface area contributed by atoms with E-state index in [1.54, 1.807) is 29.2 Å². The number of ether oxygens (including phenoxy) is 3. The number of likely N-dealkylation sites (tertiary alicyclic amines) is 1. The quantitative estimate of drug-likeness (QED) is 0.306. The van der Waals surface area contributed by atoms with Gasteiger partial charge in [-0.05, 0) is 62.4 Å². The number of nitrogens with one attached hydrogen (secondary N) is 2. The molecule has 4 aliphatic heterocycles. The van der Waals surface area contributed by atoms with Crippen LogP contribution in [0.2, 0.25) is 0 Å². The summed E-state index contributed by atoms with van der Waals surface area (Å²) >= 11 is 0. The lowest BCUT2D eigenvalue weighted by atomic mass is 9.65. The maximum Gasteiger partial charge on any atom is 0.245 e. The number of nitrogens with zero attached hydrogens (tertiary/aromatic N) is 2. The molecule has 6 rings (SSSR count). The van der Waals surface area contributed by atoms with Crippen molar-refractivity contribution in [1.29, 1.82) is 0 Å². The zero-order valence-electron chi connectivity index (χ0n) is 26.8. The first-order chi connectivity index (χ1) is 22.4. The van der Waals surface area contributed by atoms with Gasteiger partial charge in [-0.15, -0.1) is 0 Å². The maximum atomic E-state index is 14.7. The second kappa shape index (κ2) is 13.7. The standard InChI is InChI=1S/C35H46N4O7/c1-3-34-14-15-35(46-34)29(28(34)31(41)37-25-10-12-27(13-11-25)45-4-2)33(43)39(26(23-40)22-24-8-6-5-7-9-24)30(35)32(42)36-16-17-38-18-20-44-21-19-38/h5-13,26,28-30,40H,3-4,14-23H2,1-2H3,(H,36,42)(H,37,41)/t26-,28-,29+,30?,34+,35?/m1/s1. The third-order valence-corrected chi connectivity index (χ3v) is 10.3. The third-order valence-electron chi connectivity index (χ3n) is 10.3. The maximum absolute atomic E-state index is 14.7. The average Bonchev–Trinajstić information content (AvgIpc) is 3.69. The van der Waals surface area contributed by atoms with Crippen molar-refractivity contribution < 1.29 is 33.7 Å². The van der Waals surface area contributed by atoms with E-state index in [9.17, 15) is 19.5 Å². The Morgan fingerprint density at radius 1 is 1.04 bits per heavy atom. The van der Waals surface area contributed by atoms with Gasteiger partial charge in [0.15, 0.2) is 0 Å². The fraction of sp³-hybridized carbons (Fsp3) is 0.571. The largest absolute Gasteiger partial charge is 0.494 e. The minimum atomic E-state index is -1.18. The number of amides is 3. The van der Waals surface area contributed by atoms with Crippen LogP contribution in [0.3, 0.4) is 0 Å². The number of morpholine rings is 1. The molecule has 11 heteroatoms. The zero-order chi connectivity index (χ0) is 32.3. The van der Waals surface area contributed by atoms with Crippen LogP contribution in [0.5, 0.6) is 5.75 Å². The number of aliphatic hydroxyl groups is 1. The molecule has 11 nitrogen and oxygen atoms in total. The minimum absolute atomic E-state index is 0.303. The van der Waals surface area contributed by atoms with Gasteiger partial charge in [-0.1, -0.05) is 37.3 Å². The van der Waals surface area contributed by atoms with Crippen molar-refractivity contribution in [2.24, 2.45) is 11.8 Å². The highest BCUT2D eigenvalue weighted by atomic mass is 16.5. The lowest BCUT2D eigenvalue weighted by molar-refractivity contribution is -0.150. The van der Waals surface area contributed by atoms with Crippen LogP contribution in [0.4, 0.5) is 5.69 Å². The Kier molecular flexibility index (Phi) is 9.65. The number of fused-ring (bicyclic) bond motifs is 1. The summed E-state index contributed by atoms with van der Waals surface area (Å²) in [5.41, 5.74) is -0.521. The molecule has 0 radical (unpaired) electrons. The van der Waals surface area contributed by atoms with Crippen molar-refractivity contribution >= 4 is 23.4 Å². The fourth-order valence-electron chi connectivity index (χ4n) is 8.16. The molecule has 4 saturated heterocycles. The van der Waals surface area contributed by atoms with Gasteiger partial charge in [0.2, 0.25) is 17.7 Å². The van der Waals surface area contributed by atoms with Crippen LogP contribution in [0.25, 0.3) is 0 Å². The lowest BCUT2D eigenvalue weighted by Gasteiger charge is -2.37. The van der Waals surface area contributed by atoms with Crippen LogP contribution in [-0.2, 0) is 30.3 Å². The number of benzene rings is 2. The van der Waals surface area contributed by atoms with Crippen LogP contribution in [-0.4, -0.2) is 109 Å². The van der Waals surface area contributed by atoms with Crippen molar-refractivity contribution in [3.05, 3.63) is 60.2 Å². The molecule has 46 heavy (non-hydrogen) atoms. The van der Waals surface area contributed by atoms with Gasteiger partial charge < -0.3 is 34.9 Å². The number of carbonyl (C=O) groups excluding carboxylic acids is 3. The topological polar surface area (TPSA) is 130 Å². The van der Waals surface area contributed by atoms with Gasteiger partial charge in [-0.2, -0.15) is 0 Å². The van der Waals surface area contributed by atoms with E-state index in [1.807, 2.05) is 44.2 Å². The summed E-state index contributed by atoms with van der Waals surface area (Å²) < 4.78 is 17.9. The SMILES string of the molecule is CCOc1ccc(NC(=O)[C@H]2[C@H]3C(=O)N([C@@H](CO)Cc4ccccc4)C(C(=O)NCCN4CCOCC4)C34CC[C@]2(CC)O4)cc1. The van der Waals surface area contributed by atoms with Crippen molar-refractivity contribution in [2.75, 3.05) is 57.9 Å². The number of rotatable bonds is 13. The molecule has 248 valence electrons. The second-order valence-corrected chi connectivity index (χ2v) is 12.8. The molecular weight excluding hydrogens is 588 g/mol. The Morgan fingerprint density at radius 3 is 2.46 bits per heavy atom. The first-order valence-electron chi connectivity index (χ1n) is 16.6. The highest BCUT2D eigenvalue weighted by Crippen LogP contribution is 2.64. The van der Waals surface area contributed by atoms with Crippen LogP contribution in [0.15, 0.2) is 54.6 Å². The van der Waals surface area contributed by atoms with E-state index < -0.39 is 35.1 Å². The summed E-state index contributed by atoms with van der Waals surface area (Å²) in [6.07, 6.45) is 1.93. The Balaban J connectivity index is 1.31. The van der Waals surface area contributed by atoms with E-state index in [4.69, 9.17) is 14.2 Å². The van der Waals surface area contributed by atoms with Crippen LogP contribution < -0.4 is 15.4 Å². The molecule has 2 bridgehead atoms. The van der Waals surface area contributed by atoms with E-state index in [1.165, 1.54) is 0 Å². The smallest absolute Gasteiger partial charge is 0.245 e. The van der Waals surface area contributed by atoms with Crippen molar-refractivity contribution in [3.63, 3.8) is 0 Å². The van der Waals surface area contributed by atoms with Gasteiger partial charge in [-0.3, -0.25) is 19.3 Å². The molecule has 0 saturated carbocycles. The van der Waals surface area contributed by atoms with E-state index in [-0.39, 0.29) is 24.3 Å². The highest BCUT2D eigenvalue weighted by Gasteiger charge is 2.79. The zero-order valence-corrected chi connectivity index (χ0v) is 26.8. The molecule has 4 fully saturated rings. The molecule has 6 atom stereocenters. The van der Waals surface area contributed by atoms with Crippen LogP contribution >= 0.6 is 0 Å². The Bertz CT molecular complexity index is 1390. The lowest BCUT2D eigenvalue weighted by Crippen LogP contribution is -2.59. The predicted molar refractivity (Wildman–Crippen MR) is 171 cm³/mol. The number of carbonyl (C=O) groups is 3. The second-order valence-electron chi connectivity index (χ2n) is 12.8. The van der Waals surface area contributed by atoms with Crippen molar-refractivity contribution in [1.82, 2.24) is 15.1 Å². The van der Waals surface area contributed by atoms with E-state index >= 15 is 0 Å². The molecule has 2 unspecified atom stereocenters. The van der Waals surface area contributed by atoms with Gasteiger partial charge in [0.1, 0.15) is 17.4 Å². The van der Waals surface area contributed by atoms with Crippen LogP contribution in [0.1, 0.15) is 38.7 Å². The summed E-state index contributed by atoms with van der Waals surface area (Å²) in [4.78, 5) is 46.9. The van der Waals surface area contributed by atoms with Gasteiger partial charge in [-0.25, -0.2) is 0 Å². The average molecular weight is 635 g/mol. The summed E-state index contributed by atoms with van der Waals surface area (Å²) in [6.45, 7) is 8.07. The molecule has 0 aromatic heterocycles. The molecule has 1 spiro atoms. The van der Waals surface area contributed by atoms with Gasteiger partial charge >= 0.3 is 0 Å². The normalized spacial score (nSPS) is 29.4. The van der Waals surface area contributed by atoms with E-state index in [2.05, 4.69) is 15.5 Å². The Morgan fingerprint density at radius 2 is 1.78 bits per heavy atom. The summed E-state index contributed by atoms with van der Waals surface area (Å²) in [5.74, 6) is -1.88.